The van der Waals surface area contributed by atoms with E-state index in [1.165, 1.54) is 0 Å². The van der Waals surface area contributed by atoms with Gasteiger partial charge in [-0.25, -0.2) is 8.78 Å². The summed E-state index contributed by atoms with van der Waals surface area (Å²) in [5, 5.41) is 0. The summed E-state index contributed by atoms with van der Waals surface area (Å²) in [7, 11) is 0. The first-order valence-corrected chi connectivity index (χ1v) is 9.57. The Morgan fingerprint density at radius 2 is 1.75 bits per heavy atom. The van der Waals surface area contributed by atoms with Crippen LogP contribution in [0.2, 0.25) is 0 Å². The zero-order valence-corrected chi connectivity index (χ0v) is 16.0. The van der Waals surface area contributed by atoms with E-state index in [0.29, 0.717) is 30.8 Å². The molecule has 2 nitrogen and oxygen atoms in total. The SMILES string of the molecule is CCCC(C)C1CCC(C(=O)Oc2cc(F)c(/C=C/C(F)(F)F)c(F)c2)CC1. The molecule has 28 heavy (non-hydrogen) atoms. The number of carbonyl (C=O) groups excluding carboxylic acids is 1. The van der Waals surface area contributed by atoms with Crippen molar-refractivity contribution in [2.45, 2.75) is 58.5 Å². The van der Waals surface area contributed by atoms with E-state index in [4.69, 9.17) is 4.74 Å². The second-order valence-corrected chi connectivity index (χ2v) is 7.47. The summed E-state index contributed by atoms with van der Waals surface area (Å²) < 4.78 is 69.5. The van der Waals surface area contributed by atoms with Crippen molar-refractivity contribution in [3.63, 3.8) is 0 Å². The van der Waals surface area contributed by atoms with Gasteiger partial charge < -0.3 is 4.74 Å². The number of carbonyl (C=O) groups is 1. The van der Waals surface area contributed by atoms with Crippen LogP contribution in [-0.4, -0.2) is 12.1 Å². The summed E-state index contributed by atoms with van der Waals surface area (Å²) in [4.78, 5) is 12.3. The number of allylic oxidation sites excluding steroid dienone is 1. The minimum absolute atomic E-state index is 0.252. The normalized spacial score (nSPS) is 21.7. The Morgan fingerprint density at radius 1 is 1.18 bits per heavy atom. The average molecular weight is 404 g/mol. The largest absolute Gasteiger partial charge is 0.426 e. The van der Waals surface area contributed by atoms with Crippen LogP contribution in [0.25, 0.3) is 6.08 Å². The predicted molar refractivity (Wildman–Crippen MR) is 96.6 cm³/mol. The van der Waals surface area contributed by atoms with Crippen molar-refractivity contribution in [3.05, 3.63) is 35.4 Å². The third kappa shape index (κ3) is 6.31. The lowest BCUT2D eigenvalue weighted by Crippen LogP contribution is -2.27. The molecular formula is C21H25F5O2. The highest BCUT2D eigenvalue weighted by molar-refractivity contribution is 5.75. The number of rotatable bonds is 6. The van der Waals surface area contributed by atoms with Crippen LogP contribution < -0.4 is 4.74 Å². The van der Waals surface area contributed by atoms with Gasteiger partial charge in [0.1, 0.15) is 17.4 Å². The van der Waals surface area contributed by atoms with E-state index in [-0.39, 0.29) is 17.7 Å². The summed E-state index contributed by atoms with van der Waals surface area (Å²) in [6, 6.07) is 1.46. The molecule has 1 aliphatic carbocycles. The molecule has 1 unspecified atom stereocenters. The fourth-order valence-corrected chi connectivity index (χ4v) is 3.77. The molecule has 0 heterocycles. The van der Waals surface area contributed by atoms with Gasteiger partial charge in [0, 0.05) is 23.8 Å². The van der Waals surface area contributed by atoms with E-state index in [0.717, 1.165) is 37.8 Å². The van der Waals surface area contributed by atoms with Crippen LogP contribution in [-0.2, 0) is 4.79 Å². The number of hydrogen-bond acceptors (Lipinski definition) is 2. The lowest BCUT2D eigenvalue weighted by molar-refractivity contribution is -0.140. The average Bonchev–Trinajstić information content (AvgIpc) is 2.60. The smallest absolute Gasteiger partial charge is 0.409 e. The molecule has 0 aliphatic heterocycles. The Morgan fingerprint density at radius 3 is 2.25 bits per heavy atom. The molecule has 2 rings (SSSR count). The highest BCUT2D eigenvalue weighted by Crippen LogP contribution is 2.36. The van der Waals surface area contributed by atoms with E-state index in [9.17, 15) is 26.7 Å². The quantitative estimate of drug-likeness (QED) is 0.300. The lowest BCUT2D eigenvalue weighted by atomic mass is 9.75. The molecular weight excluding hydrogens is 379 g/mol. The molecule has 1 aromatic carbocycles. The Kier molecular flexibility index (Phi) is 7.61. The minimum Gasteiger partial charge on any atom is -0.426 e. The van der Waals surface area contributed by atoms with E-state index >= 15 is 0 Å². The molecule has 1 aliphatic rings. The van der Waals surface area contributed by atoms with Gasteiger partial charge in [0.25, 0.3) is 0 Å². The molecule has 1 aromatic rings. The predicted octanol–water partition coefficient (Wildman–Crippen LogP) is 6.69. The van der Waals surface area contributed by atoms with Gasteiger partial charge in [0.2, 0.25) is 0 Å². The van der Waals surface area contributed by atoms with Crippen molar-refractivity contribution in [1.82, 2.24) is 0 Å². The summed E-state index contributed by atoms with van der Waals surface area (Å²) >= 11 is 0. The highest BCUT2D eigenvalue weighted by atomic mass is 19.4. The molecule has 156 valence electrons. The Hall–Kier alpha value is -1.92. The van der Waals surface area contributed by atoms with Gasteiger partial charge in [-0.2, -0.15) is 13.2 Å². The molecule has 0 spiro atoms. The van der Waals surface area contributed by atoms with Gasteiger partial charge in [0.15, 0.2) is 0 Å². The fraction of sp³-hybridized carbons (Fsp3) is 0.571. The minimum atomic E-state index is -4.68. The first-order chi connectivity index (χ1) is 13.1. The third-order valence-corrected chi connectivity index (χ3v) is 5.36. The van der Waals surface area contributed by atoms with Crippen molar-refractivity contribution in [3.8, 4) is 5.75 Å². The second kappa shape index (κ2) is 9.52. The van der Waals surface area contributed by atoms with Gasteiger partial charge in [-0.1, -0.05) is 26.7 Å². The van der Waals surface area contributed by atoms with Gasteiger partial charge >= 0.3 is 12.1 Å². The molecule has 1 atom stereocenters. The van der Waals surface area contributed by atoms with Gasteiger partial charge in [-0.15, -0.1) is 0 Å². The van der Waals surface area contributed by atoms with Crippen LogP contribution in [0.5, 0.6) is 5.75 Å². The van der Waals surface area contributed by atoms with Crippen molar-refractivity contribution in [1.29, 1.82) is 0 Å². The van der Waals surface area contributed by atoms with E-state index in [1.807, 2.05) is 0 Å². The lowest BCUT2D eigenvalue weighted by Gasteiger charge is -2.31. The summed E-state index contributed by atoms with van der Waals surface area (Å²) in [5.74, 6) is -2.51. The van der Waals surface area contributed by atoms with Crippen molar-refractivity contribution in [2.75, 3.05) is 0 Å². The maximum Gasteiger partial charge on any atom is 0.409 e. The highest BCUT2D eigenvalue weighted by Gasteiger charge is 2.30. The van der Waals surface area contributed by atoms with Crippen LogP contribution in [0.3, 0.4) is 0 Å². The van der Waals surface area contributed by atoms with Crippen LogP contribution in [0.4, 0.5) is 22.0 Å². The van der Waals surface area contributed by atoms with Crippen LogP contribution >= 0.6 is 0 Å². The summed E-state index contributed by atoms with van der Waals surface area (Å²) in [5.41, 5.74) is -0.831. The molecule has 7 heteroatoms. The van der Waals surface area contributed by atoms with Gasteiger partial charge in [-0.05, 0) is 43.6 Å². The van der Waals surface area contributed by atoms with E-state index in [2.05, 4.69) is 13.8 Å². The first kappa shape index (κ1) is 22.4. The molecule has 0 saturated heterocycles. The number of benzene rings is 1. The molecule has 0 radical (unpaired) electrons. The Balaban J connectivity index is 1.99. The first-order valence-electron chi connectivity index (χ1n) is 9.57. The van der Waals surface area contributed by atoms with Gasteiger partial charge in [0.05, 0.1) is 5.92 Å². The monoisotopic (exact) mass is 404 g/mol. The Bertz CT molecular complexity index is 680. The zero-order valence-electron chi connectivity index (χ0n) is 16.0. The summed E-state index contributed by atoms with van der Waals surface area (Å²) in [6.07, 6.45) is 0.784. The topological polar surface area (TPSA) is 26.3 Å². The Labute approximate surface area is 161 Å². The van der Waals surface area contributed by atoms with Crippen LogP contribution in [0.15, 0.2) is 18.2 Å². The molecule has 0 N–H and O–H groups in total. The number of hydrogen-bond donors (Lipinski definition) is 0. The zero-order chi connectivity index (χ0) is 20.9. The number of ether oxygens (including phenoxy) is 1. The molecule has 0 amide bonds. The van der Waals surface area contributed by atoms with Crippen molar-refractivity contribution < 1.29 is 31.5 Å². The van der Waals surface area contributed by atoms with Gasteiger partial charge in [-0.3, -0.25) is 4.79 Å². The summed E-state index contributed by atoms with van der Waals surface area (Å²) in [6.45, 7) is 4.36. The molecule has 1 saturated carbocycles. The molecule has 0 bridgehead atoms. The number of halogens is 5. The number of alkyl halides is 3. The van der Waals surface area contributed by atoms with Crippen LogP contribution in [0.1, 0.15) is 57.9 Å². The van der Waals surface area contributed by atoms with Crippen LogP contribution in [0, 0.1) is 29.4 Å². The molecule has 0 aromatic heterocycles. The van der Waals surface area contributed by atoms with Crippen molar-refractivity contribution in [2.24, 2.45) is 17.8 Å². The number of esters is 1. The second-order valence-electron chi connectivity index (χ2n) is 7.47. The maximum atomic E-state index is 13.9. The standard InChI is InChI=1S/C21H25F5O2/c1-3-4-13(2)14-5-7-15(8-6-14)20(27)28-16-11-18(22)17(19(23)12-16)9-10-21(24,25)26/h9-15H,3-8H2,1-2H3/b10-9+. The third-order valence-electron chi connectivity index (χ3n) is 5.36. The van der Waals surface area contributed by atoms with E-state index < -0.39 is 29.3 Å². The maximum absolute atomic E-state index is 13.9. The van der Waals surface area contributed by atoms with Crippen molar-refractivity contribution >= 4 is 12.0 Å². The fourth-order valence-electron chi connectivity index (χ4n) is 3.77. The molecule has 1 fully saturated rings. The van der Waals surface area contributed by atoms with E-state index in [1.54, 1.807) is 0 Å².